The molecule has 3 aromatic rings. The summed E-state index contributed by atoms with van der Waals surface area (Å²) in [5.74, 6) is 0.835. The number of thiazole rings is 1. The maximum absolute atomic E-state index is 13.5. The van der Waals surface area contributed by atoms with E-state index in [2.05, 4.69) is 16.9 Å². The lowest BCUT2D eigenvalue weighted by atomic mass is 10.0. The number of nitrogens with zero attached hydrogens (tertiary/aromatic N) is 3. The Bertz CT molecular complexity index is 948. The number of likely N-dealkylation sites (tertiary alicyclic amines) is 1. The summed E-state index contributed by atoms with van der Waals surface area (Å²) in [4.78, 5) is 23.0. The van der Waals surface area contributed by atoms with E-state index in [1.54, 1.807) is 13.3 Å². The Hall–Kier alpha value is -2.70. The molecule has 1 fully saturated rings. The number of methoxy groups -OCH3 is 1. The molecule has 5 nitrogen and oxygen atoms in total. The van der Waals surface area contributed by atoms with Crippen molar-refractivity contribution >= 4 is 22.9 Å². The number of hydrogen-bond acceptors (Lipinski definition) is 5. The summed E-state index contributed by atoms with van der Waals surface area (Å²) in [5, 5.41) is 0.840. The van der Waals surface area contributed by atoms with Crippen LogP contribution in [0, 0.1) is 0 Å². The molecule has 0 atom stereocenters. The van der Waals surface area contributed by atoms with E-state index >= 15 is 0 Å². The fourth-order valence-corrected chi connectivity index (χ4v) is 4.55. The van der Waals surface area contributed by atoms with Crippen molar-refractivity contribution in [2.45, 2.75) is 18.9 Å². The Morgan fingerprint density at radius 3 is 2.45 bits per heavy atom. The van der Waals surface area contributed by atoms with Gasteiger partial charge >= 0.3 is 0 Å². The molecule has 1 aromatic heterocycles. The average Bonchev–Trinajstić information content (AvgIpc) is 3.26. The minimum atomic E-state index is 0.0306. The highest BCUT2D eigenvalue weighted by Gasteiger charge is 2.30. The second-order valence-corrected chi connectivity index (χ2v) is 8.33. The highest BCUT2D eigenvalue weighted by Crippen LogP contribution is 2.31. The van der Waals surface area contributed by atoms with Gasteiger partial charge in [0.2, 0.25) is 0 Å². The number of amides is 1. The summed E-state index contributed by atoms with van der Waals surface area (Å²) >= 11 is 1.44. The SMILES string of the molecule is COc1ccc(-c2ncc(C(=O)N(c3ccccc3)C3CCN(C)CC3)s2)cc1. The minimum Gasteiger partial charge on any atom is -0.497 e. The largest absolute Gasteiger partial charge is 0.497 e. The van der Waals surface area contributed by atoms with Crippen molar-refractivity contribution < 1.29 is 9.53 Å². The first kappa shape index (κ1) is 19.6. The average molecular weight is 408 g/mol. The minimum absolute atomic E-state index is 0.0306. The zero-order chi connectivity index (χ0) is 20.2. The van der Waals surface area contributed by atoms with E-state index in [0.717, 1.165) is 47.9 Å². The van der Waals surface area contributed by atoms with Gasteiger partial charge in [0.15, 0.2) is 0 Å². The maximum atomic E-state index is 13.5. The zero-order valence-corrected chi connectivity index (χ0v) is 17.6. The van der Waals surface area contributed by atoms with Crippen LogP contribution in [0.2, 0.25) is 0 Å². The lowest BCUT2D eigenvalue weighted by molar-refractivity contribution is 0.0967. The fraction of sp³-hybridized carbons (Fsp3) is 0.304. The second-order valence-electron chi connectivity index (χ2n) is 7.30. The van der Waals surface area contributed by atoms with Crippen LogP contribution in [0.1, 0.15) is 22.5 Å². The number of carbonyl (C=O) groups is 1. The third kappa shape index (κ3) is 4.33. The van der Waals surface area contributed by atoms with E-state index in [0.29, 0.717) is 4.88 Å². The van der Waals surface area contributed by atoms with Crippen molar-refractivity contribution in [3.8, 4) is 16.3 Å². The van der Waals surface area contributed by atoms with Gasteiger partial charge in [0.25, 0.3) is 5.91 Å². The molecule has 4 rings (SSSR count). The quantitative estimate of drug-likeness (QED) is 0.622. The summed E-state index contributed by atoms with van der Waals surface area (Å²) in [6.45, 7) is 2.00. The standard InChI is InChI=1S/C23H25N3O2S/c1-25-14-12-19(13-15-25)26(18-6-4-3-5-7-18)23(27)21-16-24-22(29-21)17-8-10-20(28-2)11-9-17/h3-11,16,19H,12-15H2,1-2H3. The monoisotopic (exact) mass is 407 g/mol. The van der Waals surface area contributed by atoms with Gasteiger partial charge in [-0.05, 0) is 69.4 Å². The van der Waals surface area contributed by atoms with Crippen LogP contribution < -0.4 is 9.64 Å². The highest BCUT2D eigenvalue weighted by atomic mass is 32.1. The van der Waals surface area contributed by atoms with Crippen LogP contribution in [-0.4, -0.2) is 49.1 Å². The van der Waals surface area contributed by atoms with Crippen LogP contribution in [-0.2, 0) is 0 Å². The van der Waals surface area contributed by atoms with Crippen molar-refractivity contribution in [1.82, 2.24) is 9.88 Å². The zero-order valence-electron chi connectivity index (χ0n) is 16.7. The van der Waals surface area contributed by atoms with E-state index < -0.39 is 0 Å². The highest BCUT2D eigenvalue weighted by molar-refractivity contribution is 7.17. The Labute approximate surface area is 175 Å². The van der Waals surface area contributed by atoms with Crippen molar-refractivity contribution in [3.63, 3.8) is 0 Å². The summed E-state index contributed by atoms with van der Waals surface area (Å²) in [7, 11) is 3.78. The molecule has 6 heteroatoms. The maximum Gasteiger partial charge on any atom is 0.270 e. The third-order valence-corrected chi connectivity index (χ3v) is 6.39. The smallest absolute Gasteiger partial charge is 0.270 e. The van der Waals surface area contributed by atoms with E-state index in [-0.39, 0.29) is 11.9 Å². The first-order valence-electron chi connectivity index (χ1n) is 9.83. The van der Waals surface area contributed by atoms with Gasteiger partial charge in [-0.1, -0.05) is 18.2 Å². The Morgan fingerprint density at radius 1 is 1.10 bits per heavy atom. The molecule has 1 saturated heterocycles. The lowest BCUT2D eigenvalue weighted by Gasteiger charge is -2.37. The number of aromatic nitrogens is 1. The Kier molecular flexibility index (Phi) is 5.92. The number of carbonyl (C=O) groups excluding carboxylic acids is 1. The first-order valence-corrected chi connectivity index (χ1v) is 10.6. The molecular weight excluding hydrogens is 382 g/mol. The molecule has 1 aliphatic heterocycles. The molecule has 29 heavy (non-hydrogen) atoms. The van der Waals surface area contributed by atoms with E-state index in [1.807, 2.05) is 59.5 Å². The molecule has 0 aliphatic carbocycles. The second kappa shape index (κ2) is 8.76. The third-order valence-electron chi connectivity index (χ3n) is 5.36. The summed E-state index contributed by atoms with van der Waals surface area (Å²) < 4.78 is 5.22. The van der Waals surface area contributed by atoms with Gasteiger partial charge in [0, 0.05) is 17.3 Å². The predicted octanol–water partition coefficient (Wildman–Crippen LogP) is 4.56. The van der Waals surface area contributed by atoms with Crippen LogP contribution >= 0.6 is 11.3 Å². The van der Waals surface area contributed by atoms with Crippen LogP contribution in [0.4, 0.5) is 5.69 Å². The van der Waals surface area contributed by atoms with E-state index in [1.165, 1.54) is 11.3 Å². The fourth-order valence-electron chi connectivity index (χ4n) is 3.69. The van der Waals surface area contributed by atoms with E-state index in [4.69, 9.17) is 4.74 Å². The van der Waals surface area contributed by atoms with Crippen molar-refractivity contribution in [2.24, 2.45) is 0 Å². The van der Waals surface area contributed by atoms with Gasteiger partial charge in [-0.2, -0.15) is 0 Å². The van der Waals surface area contributed by atoms with Gasteiger partial charge in [0.1, 0.15) is 15.6 Å². The number of anilines is 1. The van der Waals surface area contributed by atoms with Gasteiger partial charge in [0.05, 0.1) is 13.3 Å². The molecule has 0 unspecified atom stereocenters. The van der Waals surface area contributed by atoms with Crippen molar-refractivity contribution in [1.29, 1.82) is 0 Å². The Balaban J connectivity index is 1.61. The topological polar surface area (TPSA) is 45.7 Å². The first-order chi connectivity index (χ1) is 14.2. The van der Waals surface area contributed by atoms with Crippen LogP contribution in [0.3, 0.4) is 0 Å². The molecule has 0 saturated carbocycles. The van der Waals surface area contributed by atoms with Crippen molar-refractivity contribution in [3.05, 3.63) is 65.7 Å². The molecular formula is C23H25N3O2S. The van der Waals surface area contributed by atoms with Gasteiger partial charge in [-0.25, -0.2) is 4.98 Å². The van der Waals surface area contributed by atoms with E-state index in [9.17, 15) is 4.79 Å². The number of ether oxygens (including phenoxy) is 1. The van der Waals surface area contributed by atoms with Gasteiger partial charge in [-0.15, -0.1) is 11.3 Å². The summed E-state index contributed by atoms with van der Waals surface area (Å²) in [6, 6.07) is 17.9. The Morgan fingerprint density at radius 2 is 1.79 bits per heavy atom. The molecule has 0 radical (unpaired) electrons. The number of para-hydroxylation sites is 1. The van der Waals surface area contributed by atoms with Crippen LogP contribution in [0.15, 0.2) is 60.8 Å². The predicted molar refractivity (Wildman–Crippen MR) is 118 cm³/mol. The summed E-state index contributed by atoms with van der Waals surface area (Å²) in [6.07, 6.45) is 3.65. The lowest BCUT2D eigenvalue weighted by Crippen LogP contribution is -2.46. The number of rotatable bonds is 5. The molecule has 2 aromatic carbocycles. The molecule has 0 spiro atoms. The molecule has 2 heterocycles. The normalized spacial score (nSPS) is 15.2. The summed E-state index contributed by atoms with van der Waals surface area (Å²) in [5.41, 5.74) is 1.94. The molecule has 0 N–H and O–H groups in total. The van der Waals surface area contributed by atoms with Crippen molar-refractivity contribution in [2.75, 3.05) is 32.1 Å². The van der Waals surface area contributed by atoms with Gasteiger partial charge in [-0.3, -0.25) is 4.79 Å². The molecule has 1 aliphatic rings. The number of hydrogen-bond donors (Lipinski definition) is 0. The van der Waals surface area contributed by atoms with Crippen LogP contribution in [0.25, 0.3) is 10.6 Å². The van der Waals surface area contributed by atoms with Gasteiger partial charge < -0.3 is 14.5 Å². The number of benzene rings is 2. The molecule has 0 bridgehead atoms. The van der Waals surface area contributed by atoms with Crippen LogP contribution in [0.5, 0.6) is 5.75 Å². The molecule has 150 valence electrons. The molecule has 1 amide bonds. The number of piperidine rings is 1.